The van der Waals surface area contributed by atoms with Gasteiger partial charge in [-0.2, -0.15) is 0 Å². The number of piperidine rings is 1. The van der Waals surface area contributed by atoms with Gasteiger partial charge in [0.1, 0.15) is 5.82 Å². The zero-order valence-electron chi connectivity index (χ0n) is 14.2. The highest BCUT2D eigenvalue weighted by Gasteiger charge is 2.33. The average Bonchev–Trinajstić information content (AvgIpc) is 3.20. The molecule has 0 bridgehead atoms. The van der Waals surface area contributed by atoms with Crippen molar-refractivity contribution in [2.75, 3.05) is 27.2 Å². The Morgan fingerprint density at radius 3 is 2.92 bits per heavy atom. The van der Waals surface area contributed by atoms with Gasteiger partial charge in [-0.25, -0.2) is 14.8 Å². The number of amides is 2. The van der Waals surface area contributed by atoms with E-state index in [0.29, 0.717) is 12.5 Å². The number of aromatic amines is 1. The Labute approximate surface area is 140 Å². The van der Waals surface area contributed by atoms with Gasteiger partial charge in [-0.05, 0) is 18.4 Å². The SMILES string of the molecule is CC1CCN(C(=O)N(C)C)CC1c1ncc2cnc3[nH]ccc3n12. The van der Waals surface area contributed by atoms with Crippen LogP contribution >= 0.6 is 0 Å². The van der Waals surface area contributed by atoms with E-state index in [0.717, 1.165) is 35.5 Å². The van der Waals surface area contributed by atoms with Gasteiger partial charge in [-0.3, -0.25) is 4.40 Å². The van der Waals surface area contributed by atoms with Gasteiger partial charge in [0, 0.05) is 39.3 Å². The van der Waals surface area contributed by atoms with Gasteiger partial charge in [0.2, 0.25) is 0 Å². The lowest BCUT2D eigenvalue weighted by Crippen LogP contribution is -2.46. The summed E-state index contributed by atoms with van der Waals surface area (Å²) in [5.41, 5.74) is 2.87. The molecular weight excluding hydrogens is 304 g/mol. The number of imidazole rings is 1. The monoisotopic (exact) mass is 326 g/mol. The summed E-state index contributed by atoms with van der Waals surface area (Å²) >= 11 is 0. The van der Waals surface area contributed by atoms with Crippen LogP contribution in [0, 0.1) is 5.92 Å². The maximum atomic E-state index is 12.4. The van der Waals surface area contributed by atoms with Gasteiger partial charge in [0.05, 0.1) is 23.4 Å². The second-order valence-corrected chi connectivity index (χ2v) is 6.84. The first-order chi connectivity index (χ1) is 11.6. The molecule has 3 aromatic rings. The number of carbonyl (C=O) groups excluding carboxylic acids is 1. The summed E-state index contributed by atoms with van der Waals surface area (Å²) in [4.78, 5) is 28.2. The van der Waals surface area contributed by atoms with Crippen molar-refractivity contribution in [3.05, 3.63) is 30.5 Å². The maximum absolute atomic E-state index is 12.4. The Morgan fingerprint density at radius 2 is 2.12 bits per heavy atom. The minimum absolute atomic E-state index is 0.0706. The van der Waals surface area contributed by atoms with Crippen molar-refractivity contribution in [1.29, 1.82) is 0 Å². The first-order valence-electron chi connectivity index (χ1n) is 8.32. The molecule has 1 aliphatic heterocycles. The zero-order valence-corrected chi connectivity index (χ0v) is 14.2. The first kappa shape index (κ1) is 15.0. The minimum atomic E-state index is 0.0706. The van der Waals surface area contributed by atoms with Gasteiger partial charge < -0.3 is 14.8 Å². The maximum Gasteiger partial charge on any atom is 0.319 e. The Morgan fingerprint density at radius 1 is 1.33 bits per heavy atom. The van der Waals surface area contributed by atoms with E-state index in [1.54, 1.807) is 19.0 Å². The van der Waals surface area contributed by atoms with Crippen molar-refractivity contribution in [1.82, 2.24) is 29.2 Å². The second-order valence-electron chi connectivity index (χ2n) is 6.84. The third kappa shape index (κ3) is 2.23. The molecule has 0 saturated carbocycles. The number of nitrogens with one attached hydrogen (secondary N) is 1. The lowest BCUT2D eigenvalue weighted by Gasteiger charge is -2.37. The smallest absolute Gasteiger partial charge is 0.319 e. The topological polar surface area (TPSA) is 69.5 Å². The largest absolute Gasteiger partial charge is 0.345 e. The number of rotatable bonds is 1. The molecule has 2 amide bonds. The van der Waals surface area contributed by atoms with Crippen molar-refractivity contribution < 1.29 is 4.79 Å². The van der Waals surface area contributed by atoms with Crippen LogP contribution in [0.2, 0.25) is 0 Å². The number of hydrogen-bond acceptors (Lipinski definition) is 3. The minimum Gasteiger partial charge on any atom is -0.345 e. The third-order valence-electron chi connectivity index (χ3n) is 5.03. The van der Waals surface area contributed by atoms with Gasteiger partial charge in [-0.15, -0.1) is 0 Å². The fraction of sp³-hybridized carbons (Fsp3) is 0.471. The Kier molecular flexibility index (Phi) is 3.44. The van der Waals surface area contributed by atoms with E-state index < -0.39 is 0 Å². The summed E-state index contributed by atoms with van der Waals surface area (Å²) in [5, 5.41) is 0. The molecule has 126 valence electrons. The molecule has 4 rings (SSSR count). The molecule has 1 aliphatic rings. The van der Waals surface area contributed by atoms with Gasteiger partial charge in [0.25, 0.3) is 0 Å². The van der Waals surface area contributed by atoms with Crippen LogP contribution in [0.3, 0.4) is 0 Å². The number of H-pyrrole nitrogens is 1. The molecule has 0 aliphatic carbocycles. The second kappa shape index (κ2) is 5.51. The first-order valence-corrected chi connectivity index (χ1v) is 8.32. The fourth-order valence-corrected chi connectivity index (χ4v) is 3.62. The van der Waals surface area contributed by atoms with E-state index in [9.17, 15) is 4.79 Å². The van der Waals surface area contributed by atoms with Crippen LogP contribution in [0.5, 0.6) is 0 Å². The summed E-state index contributed by atoms with van der Waals surface area (Å²) in [6.45, 7) is 3.75. The molecule has 1 N–H and O–H groups in total. The van der Waals surface area contributed by atoms with Gasteiger partial charge in [-0.1, -0.05) is 6.92 Å². The van der Waals surface area contributed by atoms with Crippen LogP contribution < -0.4 is 0 Å². The van der Waals surface area contributed by atoms with Crippen LogP contribution in [0.4, 0.5) is 4.79 Å². The summed E-state index contributed by atoms with van der Waals surface area (Å²) in [5.74, 6) is 1.70. The van der Waals surface area contributed by atoms with Crippen LogP contribution in [0.15, 0.2) is 24.7 Å². The molecule has 4 heterocycles. The van der Waals surface area contributed by atoms with E-state index >= 15 is 0 Å². The van der Waals surface area contributed by atoms with Gasteiger partial charge in [0.15, 0.2) is 5.65 Å². The number of urea groups is 1. The van der Waals surface area contributed by atoms with Crippen molar-refractivity contribution >= 4 is 22.7 Å². The van der Waals surface area contributed by atoms with E-state index in [2.05, 4.69) is 21.3 Å². The predicted molar refractivity (Wildman–Crippen MR) is 92.0 cm³/mol. The van der Waals surface area contributed by atoms with Crippen LogP contribution in [0.1, 0.15) is 25.1 Å². The number of nitrogens with zero attached hydrogens (tertiary/aromatic N) is 5. The molecule has 1 fully saturated rings. The van der Waals surface area contributed by atoms with Crippen LogP contribution in [-0.4, -0.2) is 62.4 Å². The predicted octanol–water partition coefficient (Wildman–Crippen LogP) is 2.32. The molecular formula is C17H22N6O. The fourth-order valence-electron chi connectivity index (χ4n) is 3.62. The normalized spacial score (nSPS) is 21.5. The van der Waals surface area contributed by atoms with E-state index in [4.69, 9.17) is 4.98 Å². The number of fused-ring (bicyclic) bond motifs is 3. The van der Waals surface area contributed by atoms with Crippen molar-refractivity contribution in [3.63, 3.8) is 0 Å². The van der Waals surface area contributed by atoms with Crippen molar-refractivity contribution in [3.8, 4) is 0 Å². The van der Waals surface area contributed by atoms with Gasteiger partial charge >= 0.3 is 6.03 Å². The Balaban J connectivity index is 1.78. The summed E-state index contributed by atoms with van der Waals surface area (Å²) in [6, 6.07) is 2.10. The quantitative estimate of drug-likeness (QED) is 0.746. The number of hydrogen-bond donors (Lipinski definition) is 1. The van der Waals surface area contributed by atoms with Crippen molar-refractivity contribution in [2.24, 2.45) is 5.92 Å². The molecule has 0 aromatic carbocycles. The highest BCUT2D eigenvalue weighted by Crippen LogP contribution is 2.33. The summed E-state index contributed by atoms with van der Waals surface area (Å²) in [7, 11) is 3.60. The van der Waals surface area contributed by atoms with Crippen LogP contribution in [-0.2, 0) is 0 Å². The molecule has 2 unspecified atom stereocenters. The van der Waals surface area contributed by atoms with E-state index in [1.807, 2.05) is 29.6 Å². The zero-order chi connectivity index (χ0) is 16.8. The lowest BCUT2D eigenvalue weighted by molar-refractivity contribution is 0.138. The molecule has 24 heavy (non-hydrogen) atoms. The van der Waals surface area contributed by atoms with Crippen molar-refractivity contribution in [2.45, 2.75) is 19.3 Å². The number of likely N-dealkylation sites (tertiary alicyclic amines) is 1. The summed E-state index contributed by atoms with van der Waals surface area (Å²) < 4.78 is 2.17. The third-order valence-corrected chi connectivity index (χ3v) is 5.03. The van der Waals surface area contributed by atoms with E-state index in [-0.39, 0.29) is 11.9 Å². The molecule has 0 radical (unpaired) electrons. The molecule has 2 atom stereocenters. The Bertz CT molecular complexity index is 895. The highest BCUT2D eigenvalue weighted by atomic mass is 16.2. The van der Waals surface area contributed by atoms with E-state index in [1.165, 1.54) is 0 Å². The molecule has 3 aromatic heterocycles. The molecule has 7 heteroatoms. The average molecular weight is 326 g/mol. The summed E-state index contributed by atoms with van der Waals surface area (Å²) in [6.07, 6.45) is 6.59. The van der Waals surface area contributed by atoms with Crippen LogP contribution in [0.25, 0.3) is 16.7 Å². The number of aromatic nitrogens is 4. The highest BCUT2D eigenvalue weighted by molar-refractivity contribution is 5.76. The molecule has 7 nitrogen and oxygen atoms in total. The Hall–Kier alpha value is -2.57. The molecule has 1 saturated heterocycles. The standard InChI is InChI=1S/C17H22N6O/c1-11-5-7-22(17(24)21(2)3)10-13(11)16-20-9-12-8-19-15-14(23(12)16)4-6-18-15/h4,6,8-9,11,13,18H,5,7,10H2,1-3H3. The molecule has 0 spiro atoms. The lowest BCUT2D eigenvalue weighted by atomic mass is 9.86. The number of carbonyl (C=O) groups is 1.